The van der Waals surface area contributed by atoms with Crippen molar-refractivity contribution in [2.75, 3.05) is 5.32 Å². The van der Waals surface area contributed by atoms with Crippen molar-refractivity contribution in [3.05, 3.63) is 40.4 Å². The van der Waals surface area contributed by atoms with E-state index in [0.717, 1.165) is 5.56 Å². The molecular weight excluding hydrogens is 252 g/mol. The molecule has 0 aliphatic heterocycles. The average Bonchev–Trinajstić information content (AvgIpc) is 2.82. The summed E-state index contributed by atoms with van der Waals surface area (Å²) in [6.07, 6.45) is 0.700. The molecule has 1 heterocycles. The molecule has 0 saturated carbocycles. The zero-order valence-electron chi connectivity index (χ0n) is 10.1. The molecule has 0 spiro atoms. The molecule has 2 rings (SSSR count). The lowest BCUT2D eigenvalue weighted by Gasteiger charge is -2.05. The highest BCUT2D eigenvalue weighted by Crippen LogP contribution is 2.22. The van der Waals surface area contributed by atoms with Gasteiger partial charge in [0.15, 0.2) is 0 Å². The van der Waals surface area contributed by atoms with Crippen LogP contribution in [0.2, 0.25) is 5.02 Å². The average molecular weight is 265 g/mol. The first-order valence-corrected chi connectivity index (χ1v) is 5.96. The summed E-state index contributed by atoms with van der Waals surface area (Å²) >= 11 is 6.00. The lowest BCUT2D eigenvalue weighted by atomic mass is 10.2. The summed E-state index contributed by atoms with van der Waals surface area (Å²) in [6.45, 7) is 3.85. The summed E-state index contributed by atoms with van der Waals surface area (Å²) in [5.74, 6) is 0.415. The summed E-state index contributed by atoms with van der Waals surface area (Å²) in [4.78, 5) is 15.9. The van der Waals surface area contributed by atoms with Crippen LogP contribution in [0.1, 0.15) is 28.9 Å². The number of nitrogens with zero attached hydrogens (tertiary/aromatic N) is 2. The third-order valence-corrected chi connectivity index (χ3v) is 2.77. The number of hydrogen-bond donors (Lipinski definition) is 2. The quantitative estimate of drug-likeness (QED) is 0.895. The minimum absolute atomic E-state index is 0.115. The summed E-state index contributed by atoms with van der Waals surface area (Å²) in [7, 11) is 0. The van der Waals surface area contributed by atoms with Crippen LogP contribution in [0.3, 0.4) is 0 Å². The highest BCUT2D eigenvalue weighted by molar-refractivity contribution is 6.33. The second-order valence-corrected chi connectivity index (χ2v) is 4.30. The Balaban J connectivity index is 2.18. The minimum Gasteiger partial charge on any atom is -0.318 e. The van der Waals surface area contributed by atoms with Crippen molar-refractivity contribution in [2.45, 2.75) is 20.3 Å². The van der Waals surface area contributed by atoms with Gasteiger partial charge in [-0.2, -0.15) is 0 Å². The van der Waals surface area contributed by atoms with Gasteiger partial charge in [0, 0.05) is 6.42 Å². The third kappa shape index (κ3) is 2.68. The van der Waals surface area contributed by atoms with Gasteiger partial charge in [-0.3, -0.25) is 9.89 Å². The van der Waals surface area contributed by atoms with Gasteiger partial charge < -0.3 is 5.32 Å². The second kappa shape index (κ2) is 5.18. The number of halogens is 1. The highest BCUT2D eigenvalue weighted by atomic mass is 35.5. The molecule has 94 valence electrons. The molecule has 0 atom stereocenters. The van der Waals surface area contributed by atoms with Gasteiger partial charge in [0.2, 0.25) is 5.82 Å². The second-order valence-electron chi connectivity index (χ2n) is 3.90. The Kier molecular flexibility index (Phi) is 3.62. The van der Waals surface area contributed by atoms with Crippen LogP contribution in [0.5, 0.6) is 0 Å². The Morgan fingerprint density at radius 2 is 2.28 bits per heavy atom. The zero-order valence-corrected chi connectivity index (χ0v) is 10.9. The van der Waals surface area contributed by atoms with Crippen molar-refractivity contribution in [2.24, 2.45) is 0 Å². The maximum atomic E-state index is 11.9. The van der Waals surface area contributed by atoms with Crippen LogP contribution >= 0.6 is 11.6 Å². The summed E-state index contributed by atoms with van der Waals surface area (Å²) in [6, 6.07) is 5.41. The molecule has 1 aromatic heterocycles. The van der Waals surface area contributed by atoms with Gasteiger partial charge in [0.25, 0.3) is 5.91 Å². The van der Waals surface area contributed by atoms with Gasteiger partial charge in [0.1, 0.15) is 5.82 Å². The molecule has 18 heavy (non-hydrogen) atoms. The SMILES string of the molecule is CCc1nc(C(=O)Nc2cc(C)ccc2Cl)n[nH]1. The number of carbonyl (C=O) groups excluding carboxylic acids is 1. The molecule has 6 heteroatoms. The predicted molar refractivity (Wildman–Crippen MR) is 69.9 cm³/mol. The number of H-pyrrole nitrogens is 1. The minimum atomic E-state index is -0.376. The van der Waals surface area contributed by atoms with E-state index >= 15 is 0 Å². The first-order chi connectivity index (χ1) is 8.60. The Hall–Kier alpha value is -1.88. The molecule has 0 radical (unpaired) electrons. The maximum Gasteiger partial charge on any atom is 0.295 e. The van der Waals surface area contributed by atoms with E-state index < -0.39 is 0 Å². The number of carbonyl (C=O) groups is 1. The lowest BCUT2D eigenvalue weighted by molar-refractivity contribution is 0.101. The van der Waals surface area contributed by atoms with E-state index in [9.17, 15) is 4.79 Å². The van der Waals surface area contributed by atoms with E-state index in [1.54, 1.807) is 12.1 Å². The molecule has 0 saturated heterocycles. The number of rotatable bonds is 3. The van der Waals surface area contributed by atoms with Crippen molar-refractivity contribution in [3.63, 3.8) is 0 Å². The van der Waals surface area contributed by atoms with Crippen LogP contribution in [0.4, 0.5) is 5.69 Å². The largest absolute Gasteiger partial charge is 0.318 e. The van der Waals surface area contributed by atoms with Crippen LogP contribution in [0.25, 0.3) is 0 Å². The van der Waals surface area contributed by atoms with Crippen molar-refractivity contribution < 1.29 is 4.79 Å². The number of amides is 1. The zero-order chi connectivity index (χ0) is 13.1. The fourth-order valence-electron chi connectivity index (χ4n) is 1.47. The monoisotopic (exact) mass is 264 g/mol. The van der Waals surface area contributed by atoms with Crippen LogP contribution in [-0.4, -0.2) is 21.1 Å². The van der Waals surface area contributed by atoms with Crippen LogP contribution < -0.4 is 5.32 Å². The number of aromatic nitrogens is 3. The number of aromatic amines is 1. The summed E-state index contributed by atoms with van der Waals surface area (Å²) in [5, 5.41) is 9.71. The Labute approximate surface area is 110 Å². The summed E-state index contributed by atoms with van der Waals surface area (Å²) < 4.78 is 0. The molecule has 5 nitrogen and oxygen atoms in total. The smallest absolute Gasteiger partial charge is 0.295 e. The van der Waals surface area contributed by atoms with Crippen molar-refractivity contribution in [1.82, 2.24) is 15.2 Å². The van der Waals surface area contributed by atoms with Crippen LogP contribution in [0.15, 0.2) is 18.2 Å². The number of nitrogens with one attached hydrogen (secondary N) is 2. The first-order valence-electron chi connectivity index (χ1n) is 5.59. The molecule has 2 N–H and O–H groups in total. The van der Waals surface area contributed by atoms with E-state index in [0.29, 0.717) is 23.0 Å². The van der Waals surface area contributed by atoms with E-state index in [1.165, 1.54) is 0 Å². The topological polar surface area (TPSA) is 70.7 Å². The van der Waals surface area contributed by atoms with Gasteiger partial charge in [-0.25, -0.2) is 4.98 Å². The van der Waals surface area contributed by atoms with E-state index in [4.69, 9.17) is 11.6 Å². The third-order valence-electron chi connectivity index (χ3n) is 2.44. The number of anilines is 1. The van der Waals surface area contributed by atoms with Gasteiger partial charge >= 0.3 is 0 Å². The van der Waals surface area contributed by atoms with E-state index in [2.05, 4.69) is 20.5 Å². The molecule has 0 bridgehead atoms. The molecule has 2 aromatic rings. The number of benzene rings is 1. The molecule has 0 unspecified atom stereocenters. The van der Waals surface area contributed by atoms with E-state index in [1.807, 2.05) is 19.9 Å². The van der Waals surface area contributed by atoms with Gasteiger partial charge in [0.05, 0.1) is 10.7 Å². The normalized spacial score (nSPS) is 10.4. The lowest BCUT2D eigenvalue weighted by Crippen LogP contribution is -2.14. The highest BCUT2D eigenvalue weighted by Gasteiger charge is 2.13. The summed E-state index contributed by atoms with van der Waals surface area (Å²) in [5.41, 5.74) is 1.57. The predicted octanol–water partition coefficient (Wildman–Crippen LogP) is 2.58. The fourth-order valence-corrected chi connectivity index (χ4v) is 1.63. The molecule has 0 aliphatic carbocycles. The van der Waals surface area contributed by atoms with E-state index in [-0.39, 0.29) is 11.7 Å². The first kappa shape index (κ1) is 12.6. The number of aryl methyl sites for hydroxylation is 2. The number of hydrogen-bond acceptors (Lipinski definition) is 3. The Bertz CT molecular complexity index is 579. The van der Waals surface area contributed by atoms with Crippen molar-refractivity contribution in [1.29, 1.82) is 0 Å². The van der Waals surface area contributed by atoms with Crippen molar-refractivity contribution in [3.8, 4) is 0 Å². The van der Waals surface area contributed by atoms with Crippen LogP contribution in [-0.2, 0) is 6.42 Å². The fraction of sp³-hybridized carbons (Fsp3) is 0.250. The van der Waals surface area contributed by atoms with Gasteiger partial charge in [-0.05, 0) is 24.6 Å². The van der Waals surface area contributed by atoms with Crippen molar-refractivity contribution >= 4 is 23.2 Å². The van der Waals surface area contributed by atoms with Gasteiger partial charge in [-0.1, -0.05) is 24.6 Å². The molecular formula is C12H13ClN4O. The molecule has 1 amide bonds. The molecule has 0 fully saturated rings. The maximum absolute atomic E-state index is 11.9. The Morgan fingerprint density at radius 3 is 2.94 bits per heavy atom. The van der Waals surface area contributed by atoms with Crippen LogP contribution in [0, 0.1) is 6.92 Å². The standard InChI is InChI=1S/C12H13ClN4O/c1-3-10-15-11(17-16-10)12(18)14-9-6-7(2)4-5-8(9)13/h4-6H,3H2,1-2H3,(H,14,18)(H,15,16,17). The molecule has 1 aromatic carbocycles. The molecule has 0 aliphatic rings. The van der Waals surface area contributed by atoms with Gasteiger partial charge in [-0.15, -0.1) is 5.10 Å². The Morgan fingerprint density at radius 1 is 1.50 bits per heavy atom.